The number of hydrogen-bond acceptors (Lipinski definition) is 2. The quantitative estimate of drug-likeness (QED) is 0.819. The molecule has 0 radical (unpaired) electrons. The molecular formula is C16H28N2O. The molecule has 2 bridgehead atoms. The van der Waals surface area contributed by atoms with E-state index in [2.05, 4.69) is 12.2 Å². The number of rotatable bonds is 4. The summed E-state index contributed by atoms with van der Waals surface area (Å²) < 4.78 is 0. The molecule has 3 N–H and O–H groups in total. The summed E-state index contributed by atoms with van der Waals surface area (Å²) in [5.74, 6) is 2.62. The van der Waals surface area contributed by atoms with Crippen LogP contribution in [-0.2, 0) is 4.79 Å². The molecule has 1 amide bonds. The number of nitrogens with two attached hydrogens (primary N) is 1. The number of amides is 1. The molecule has 0 aromatic rings. The van der Waals surface area contributed by atoms with E-state index in [0.717, 1.165) is 18.8 Å². The Morgan fingerprint density at radius 1 is 1.21 bits per heavy atom. The molecule has 0 heterocycles. The minimum Gasteiger partial charge on any atom is -0.353 e. The summed E-state index contributed by atoms with van der Waals surface area (Å²) in [5.41, 5.74) is 6.29. The summed E-state index contributed by atoms with van der Waals surface area (Å²) >= 11 is 0. The van der Waals surface area contributed by atoms with Crippen molar-refractivity contribution in [1.82, 2.24) is 5.32 Å². The number of hydrogen-bond donors (Lipinski definition) is 2. The lowest BCUT2D eigenvalue weighted by Gasteiger charge is -2.43. The lowest BCUT2D eigenvalue weighted by molar-refractivity contribution is -0.128. The summed E-state index contributed by atoms with van der Waals surface area (Å²) in [6, 6.07) is 0.720. The van der Waals surface area contributed by atoms with E-state index in [1.165, 1.54) is 38.5 Å². The summed E-state index contributed by atoms with van der Waals surface area (Å²) in [7, 11) is 0. The van der Waals surface area contributed by atoms with Crippen molar-refractivity contribution in [1.29, 1.82) is 0 Å². The van der Waals surface area contributed by atoms with Crippen LogP contribution in [0.1, 0.15) is 58.3 Å². The fraction of sp³-hybridized carbons (Fsp3) is 0.938. The highest BCUT2D eigenvalue weighted by Gasteiger charge is 2.40. The Morgan fingerprint density at radius 3 is 2.42 bits per heavy atom. The second kappa shape index (κ2) is 5.43. The van der Waals surface area contributed by atoms with Crippen LogP contribution in [0.2, 0.25) is 0 Å². The Balaban J connectivity index is 1.52. The Hall–Kier alpha value is -0.570. The predicted octanol–water partition coefficient (Wildman–Crippen LogP) is 2.44. The first kappa shape index (κ1) is 13.4. The van der Waals surface area contributed by atoms with Crippen LogP contribution >= 0.6 is 0 Å². The molecule has 3 aliphatic carbocycles. The monoisotopic (exact) mass is 264 g/mol. The second-order valence-electron chi connectivity index (χ2n) is 7.29. The van der Waals surface area contributed by atoms with Crippen LogP contribution in [0.5, 0.6) is 0 Å². The van der Waals surface area contributed by atoms with Gasteiger partial charge in [0.05, 0.1) is 0 Å². The van der Waals surface area contributed by atoms with Crippen LogP contribution in [0.4, 0.5) is 0 Å². The van der Waals surface area contributed by atoms with Crippen molar-refractivity contribution in [2.75, 3.05) is 0 Å². The molecule has 3 saturated carbocycles. The summed E-state index contributed by atoms with van der Waals surface area (Å²) in [6.07, 6.45) is 9.74. The lowest BCUT2D eigenvalue weighted by Crippen LogP contribution is -2.50. The molecular weight excluding hydrogens is 236 g/mol. The summed E-state index contributed by atoms with van der Waals surface area (Å²) in [4.78, 5) is 12.4. The Morgan fingerprint density at radius 2 is 1.84 bits per heavy atom. The number of carbonyl (C=O) groups is 1. The van der Waals surface area contributed by atoms with E-state index in [0.29, 0.717) is 29.8 Å². The van der Waals surface area contributed by atoms with Gasteiger partial charge in [0.2, 0.25) is 5.91 Å². The van der Waals surface area contributed by atoms with Gasteiger partial charge in [0.1, 0.15) is 0 Å². The maximum Gasteiger partial charge on any atom is 0.223 e. The molecule has 3 aliphatic rings. The zero-order valence-corrected chi connectivity index (χ0v) is 12.1. The van der Waals surface area contributed by atoms with E-state index in [9.17, 15) is 4.79 Å². The smallest absolute Gasteiger partial charge is 0.223 e. The molecule has 3 nitrogen and oxygen atoms in total. The maximum atomic E-state index is 12.4. The first-order valence-electron chi connectivity index (χ1n) is 8.19. The van der Waals surface area contributed by atoms with Gasteiger partial charge < -0.3 is 11.1 Å². The topological polar surface area (TPSA) is 55.1 Å². The Kier molecular flexibility index (Phi) is 3.84. The average molecular weight is 264 g/mol. The molecule has 0 saturated heterocycles. The predicted molar refractivity (Wildman–Crippen MR) is 76.5 cm³/mol. The van der Waals surface area contributed by atoms with Crippen molar-refractivity contribution in [3.63, 3.8) is 0 Å². The maximum absolute atomic E-state index is 12.4. The number of carbonyl (C=O) groups excluding carboxylic acids is 1. The van der Waals surface area contributed by atoms with Crippen LogP contribution in [0.3, 0.4) is 0 Å². The van der Waals surface area contributed by atoms with Crippen molar-refractivity contribution in [3.05, 3.63) is 0 Å². The van der Waals surface area contributed by atoms with Gasteiger partial charge in [-0.2, -0.15) is 0 Å². The summed E-state index contributed by atoms with van der Waals surface area (Å²) in [5, 5.41) is 3.25. The van der Waals surface area contributed by atoms with Gasteiger partial charge in [0.15, 0.2) is 0 Å². The number of fused-ring (bicyclic) bond motifs is 2. The first-order valence-corrected chi connectivity index (χ1v) is 8.19. The van der Waals surface area contributed by atoms with Crippen molar-refractivity contribution in [2.45, 2.75) is 70.4 Å². The first-order chi connectivity index (χ1) is 9.13. The van der Waals surface area contributed by atoms with E-state index in [-0.39, 0.29) is 5.92 Å². The van der Waals surface area contributed by atoms with Crippen molar-refractivity contribution in [3.8, 4) is 0 Å². The van der Waals surface area contributed by atoms with E-state index in [1.54, 1.807) is 0 Å². The fourth-order valence-electron chi connectivity index (χ4n) is 4.28. The molecule has 3 atom stereocenters. The van der Waals surface area contributed by atoms with Crippen LogP contribution in [0.25, 0.3) is 0 Å². The molecule has 3 unspecified atom stereocenters. The SMILES string of the molecule is CC(CC1CC1)NC(=O)C1CC2CCCC(C1)C2N. The average Bonchev–Trinajstić information content (AvgIpc) is 3.12. The van der Waals surface area contributed by atoms with Gasteiger partial charge in [-0.1, -0.05) is 19.3 Å². The third-order valence-corrected chi connectivity index (χ3v) is 5.56. The van der Waals surface area contributed by atoms with Crippen molar-refractivity contribution >= 4 is 5.91 Å². The van der Waals surface area contributed by atoms with Crippen LogP contribution < -0.4 is 11.1 Å². The minimum atomic E-state index is 0.233. The van der Waals surface area contributed by atoms with Crippen LogP contribution in [0.15, 0.2) is 0 Å². The second-order valence-corrected chi connectivity index (χ2v) is 7.29. The molecule has 0 aliphatic heterocycles. The van der Waals surface area contributed by atoms with Gasteiger partial charge in [-0.15, -0.1) is 0 Å². The van der Waals surface area contributed by atoms with Gasteiger partial charge >= 0.3 is 0 Å². The molecule has 19 heavy (non-hydrogen) atoms. The third-order valence-electron chi connectivity index (χ3n) is 5.56. The van der Waals surface area contributed by atoms with Crippen molar-refractivity contribution in [2.24, 2.45) is 29.4 Å². The highest BCUT2D eigenvalue weighted by atomic mass is 16.1. The van der Waals surface area contributed by atoms with Crippen LogP contribution in [-0.4, -0.2) is 18.0 Å². The third kappa shape index (κ3) is 3.13. The Labute approximate surface area is 116 Å². The van der Waals surface area contributed by atoms with Gasteiger partial charge in [-0.3, -0.25) is 4.79 Å². The molecule has 0 spiro atoms. The van der Waals surface area contributed by atoms with Crippen LogP contribution in [0, 0.1) is 23.7 Å². The normalized spacial score (nSPS) is 39.7. The number of nitrogens with one attached hydrogen (secondary N) is 1. The molecule has 0 aromatic heterocycles. The van der Waals surface area contributed by atoms with E-state index >= 15 is 0 Å². The molecule has 0 aromatic carbocycles. The molecule has 3 fully saturated rings. The van der Waals surface area contributed by atoms with E-state index in [4.69, 9.17) is 5.73 Å². The largest absolute Gasteiger partial charge is 0.353 e. The highest BCUT2D eigenvalue weighted by molar-refractivity contribution is 5.79. The van der Waals surface area contributed by atoms with Gasteiger partial charge in [-0.05, 0) is 56.8 Å². The summed E-state index contributed by atoms with van der Waals surface area (Å²) in [6.45, 7) is 2.16. The lowest BCUT2D eigenvalue weighted by atomic mass is 9.65. The van der Waals surface area contributed by atoms with Gasteiger partial charge in [0.25, 0.3) is 0 Å². The minimum absolute atomic E-state index is 0.233. The molecule has 108 valence electrons. The molecule has 3 rings (SSSR count). The van der Waals surface area contributed by atoms with Gasteiger partial charge in [0, 0.05) is 18.0 Å². The highest BCUT2D eigenvalue weighted by Crippen LogP contribution is 2.42. The zero-order valence-electron chi connectivity index (χ0n) is 12.1. The fourth-order valence-corrected chi connectivity index (χ4v) is 4.28. The standard InChI is InChI=1S/C16H28N2O/c1-10(7-11-5-6-11)18-16(19)14-8-12-3-2-4-13(9-14)15(12)17/h10-15H,2-9,17H2,1H3,(H,18,19). The van der Waals surface area contributed by atoms with Gasteiger partial charge in [-0.25, -0.2) is 0 Å². The zero-order chi connectivity index (χ0) is 13.4. The van der Waals surface area contributed by atoms with E-state index in [1.807, 2.05) is 0 Å². The Bertz CT molecular complexity index is 326. The van der Waals surface area contributed by atoms with E-state index < -0.39 is 0 Å². The molecule has 3 heteroatoms. The van der Waals surface area contributed by atoms with Crippen molar-refractivity contribution < 1.29 is 4.79 Å².